The predicted molar refractivity (Wildman–Crippen MR) is 45.1 cm³/mol. The van der Waals surface area contributed by atoms with E-state index in [2.05, 4.69) is 4.99 Å². The summed E-state index contributed by atoms with van der Waals surface area (Å²) < 4.78 is 0. The summed E-state index contributed by atoms with van der Waals surface area (Å²) in [5, 5.41) is 0.561. The number of rotatable bonds is 1. The Bertz CT molecular complexity index is 224. The van der Waals surface area contributed by atoms with Crippen molar-refractivity contribution in [2.24, 2.45) is 4.99 Å². The summed E-state index contributed by atoms with van der Waals surface area (Å²) in [6.45, 7) is 1.76. The summed E-state index contributed by atoms with van der Waals surface area (Å²) >= 11 is 5.56. The molecule has 0 aromatic heterocycles. The smallest absolute Gasteiger partial charge is 0.103 e. The lowest BCUT2D eigenvalue weighted by molar-refractivity contribution is 1.52. The quantitative estimate of drug-likeness (QED) is 0.550. The first-order valence-electron chi connectivity index (χ1n) is 3.05. The van der Waals surface area contributed by atoms with Gasteiger partial charge in [-0.25, -0.2) is 4.99 Å². The second kappa shape index (κ2) is 3.37. The van der Waals surface area contributed by atoms with Crippen LogP contribution < -0.4 is 0 Å². The monoisotopic (exact) mass is 153 g/mol. The average Bonchev–Trinajstić information content (AvgIpc) is 1.88. The van der Waals surface area contributed by atoms with Gasteiger partial charge in [-0.1, -0.05) is 29.8 Å². The number of aliphatic imine (C=N–C) groups is 1. The topological polar surface area (TPSA) is 12.4 Å². The molecule has 0 saturated carbocycles. The van der Waals surface area contributed by atoms with Crippen LogP contribution in [0.15, 0.2) is 35.3 Å². The molecule has 0 aliphatic heterocycles. The molecule has 0 unspecified atom stereocenters. The zero-order valence-electron chi connectivity index (χ0n) is 5.71. The molecular formula is C8H8ClN. The highest BCUT2D eigenvalue weighted by molar-refractivity contribution is 6.65. The van der Waals surface area contributed by atoms with Crippen LogP contribution in [0.2, 0.25) is 0 Å². The minimum atomic E-state index is 0.561. The van der Waals surface area contributed by atoms with Crippen molar-refractivity contribution in [1.29, 1.82) is 0 Å². The van der Waals surface area contributed by atoms with E-state index in [1.807, 2.05) is 30.3 Å². The van der Waals surface area contributed by atoms with Gasteiger partial charge in [0.25, 0.3) is 0 Å². The molecule has 1 aromatic carbocycles. The normalized spacial score (nSPS) is 11.6. The van der Waals surface area contributed by atoms with Crippen LogP contribution >= 0.6 is 11.6 Å². The molecule has 1 aromatic rings. The molecule has 0 saturated heterocycles. The van der Waals surface area contributed by atoms with Crippen LogP contribution in [-0.2, 0) is 0 Å². The molecule has 0 aliphatic carbocycles. The van der Waals surface area contributed by atoms with Gasteiger partial charge in [0, 0.05) is 0 Å². The molecule has 0 fully saturated rings. The molecule has 0 heterocycles. The average molecular weight is 154 g/mol. The Morgan fingerprint density at radius 1 is 1.30 bits per heavy atom. The number of hydrogen-bond donors (Lipinski definition) is 0. The fraction of sp³-hybridized carbons (Fsp3) is 0.125. The van der Waals surface area contributed by atoms with E-state index in [1.165, 1.54) is 0 Å². The van der Waals surface area contributed by atoms with Crippen LogP contribution in [0, 0.1) is 0 Å². The summed E-state index contributed by atoms with van der Waals surface area (Å²) in [6, 6.07) is 9.62. The van der Waals surface area contributed by atoms with E-state index in [9.17, 15) is 0 Å². The fourth-order valence-electron chi connectivity index (χ4n) is 0.680. The molecule has 0 atom stereocenters. The van der Waals surface area contributed by atoms with E-state index in [0.717, 1.165) is 5.69 Å². The van der Waals surface area contributed by atoms with Crippen LogP contribution in [0.1, 0.15) is 6.92 Å². The van der Waals surface area contributed by atoms with Gasteiger partial charge in [0.1, 0.15) is 5.17 Å². The van der Waals surface area contributed by atoms with Gasteiger partial charge in [0.15, 0.2) is 0 Å². The Kier molecular flexibility index (Phi) is 2.46. The predicted octanol–water partition coefficient (Wildman–Crippen LogP) is 2.98. The third-order valence-corrected chi connectivity index (χ3v) is 1.12. The Hall–Kier alpha value is -0.820. The zero-order valence-corrected chi connectivity index (χ0v) is 6.47. The van der Waals surface area contributed by atoms with E-state index in [0.29, 0.717) is 5.17 Å². The van der Waals surface area contributed by atoms with Crippen molar-refractivity contribution in [3.63, 3.8) is 0 Å². The first-order valence-corrected chi connectivity index (χ1v) is 3.42. The van der Waals surface area contributed by atoms with Gasteiger partial charge >= 0.3 is 0 Å². The molecule has 0 amide bonds. The summed E-state index contributed by atoms with van der Waals surface area (Å²) in [7, 11) is 0. The SMILES string of the molecule is CC(Cl)=Nc1ccccc1. The molecule has 0 aliphatic rings. The van der Waals surface area contributed by atoms with Gasteiger partial charge in [0.05, 0.1) is 5.69 Å². The molecule has 10 heavy (non-hydrogen) atoms. The summed E-state index contributed by atoms with van der Waals surface area (Å²) in [5.41, 5.74) is 0.898. The maximum absolute atomic E-state index is 5.56. The molecule has 0 radical (unpaired) electrons. The van der Waals surface area contributed by atoms with Crippen molar-refractivity contribution in [1.82, 2.24) is 0 Å². The lowest BCUT2D eigenvalue weighted by atomic mass is 10.3. The third-order valence-electron chi connectivity index (χ3n) is 1.04. The van der Waals surface area contributed by atoms with Crippen LogP contribution in [0.4, 0.5) is 5.69 Å². The van der Waals surface area contributed by atoms with Gasteiger partial charge in [-0.3, -0.25) is 0 Å². The van der Waals surface area contributed by atoms with Crippen LogP contribution in [0.3, 0.4) is 0 Å². The summed E-state index contributed by atoms with van der Waals surface area (Å²) in [6.07, 6.45) is 0. The zero-order chi connectivity index (χ0) is 7.40. The molecule has 0 bridgehead atoms. The fourth-order valence-corrected chi connectivity index (χ4v) is 0.778. The van der Waals surface area contributed by atoms with Gasteiger partial charge in [0.2, 0.25) is 0 Å². The molecule has 1 nitrogen and oxygen atoms in total. The van der Waals surface area contributed by atoms with Crippen molar-refractivity contribution in [2.45, 2.75) is 6.92 Å². The second-order valence-corrected chi connectivity index (χ2v) is 2.49. The maximum Gasteiger partial charge on any atom is 0.103 e. The standard InChI is InChI=1S/C8H8ClN/c1-7(9)10-8-5-3-2-4-6-8/h2-6H,1H3. The summed E-state index contributed by atoms with van der Waals surface area (Å²) in [4.78, 5) is 4.04. The van der Waals surface area contributed by atoms with Crippen molar-refractivity contribution in [3.05, 3.63) is 30.3 Å². The third kappa shape index (κ3) is 2.19. The van der Waals surface area contributed by atoms with Crippen molar-refractivity contribution in [2.75, 3.05) is 0 Å². The lowest BCUT2D eigenvalue weighted by Gasteiger charge is -1.89. The Balaban J connectivity index is 2.87. The van der Waals surface area contributed by atoms with Crippen molar-refractivity contribution < 1.29 is 0 Å². The van der Waals surface area contributed by atoms with Crippen molar-refractivity contribution in [3.8, 4) is 0 Å². The highest BCUT2D eigenvalue weighted by atomic mass is 35.5. The molecule has 0 N–H and O–H groups in total. The Labute approximate surface area is 65.4 Å². The number of para-hydroxylation sites is 1. The molecule has 0 spiro atoms. The number of hydrogen-bond acceptors (Lipinski definition) is 1. The minimum absolute atomic E-state index is 0.561. The highest BCUT2D eigenvalue weighted by Crippen LogP contribution is 2.10. The van der Waals surface area contributed by atoms with Crippen LogP contribution in [0.5, 0.6) is 0 Å². The van der Waals surface area contributed by atoms with Gasteiger partial charge in [-0.15, -0.1) is 0 Å². The van der Waals surface area contributed by atoms with E-state index >= 15 is 0 Å². The van der Waals surface area contributed by atoms with Gasteiger partial charge in [-0.2, -0.15) is 0 Å². The second-order valence-electron chi connectivity index (χ2n) is 1.94. The number of nitrogens with zero attached hydrogens (tertiary/aromatic N) is 1. The van der Waals surface area contributed by atoms with E-state index < -0.39 is 0 Å². The Morgan fingerprint density at radius 2 is 1.90 bits per heavy atom. The molecular weight excluding hydrogens is 146 g/mol. The van der Waals surface area contributed by atoms with Crippen molar-refractivity contribution >= 4 is 22.5 Å². The van der Waals surface area contributed by atoms with E-state index in [4.69, 9.17) is 11.6 Å². The van der Waals surface area contributed by atoms with E-state index in [1.54, 1.807) is 6.92 Å². The first-order chi connectivity index (χ1) is 4.79. The molecule has 1 rings (SSSR count). The van der Waals surface area contributed by atoms with Gasteiger partial charge in [-0.05, 0) is 19.1 Å². The first kappa shape index (κ1) is 7.29. The van der Waals surface area contributed by atoms with Crippen LogP contribution in [-0.4, -0.2) is 5.17 Å². The van der Waals surface area contributed by atoms with Crippen LogP contribution in [0.25, 0.3) is 0 Å². The minimum Gasteiger partial charge on any atom is -0.242 e. The Morgan fingerprint density at radius 3 is 2.40 bits per heavy atom. The highest BCUT2D eigenvalue weighted by Gasteiger charge is 1.84. The summed E-state index contributed by atoms with van der Waals surface area (Å²) in [5.74, 6) is 0. The number of benzene rings is 1. The maximum atomic E-state index is 5.56. The largest absolute Gasteiger partial charge is 0.242 e. The molecule has 52 valence electrons. The van der Waals surface area contributed by atoms with Gasteiger partial charge < -0.3 is 0 Å². The molecule has 2 heteroatoms. The number of halogens is 1. The lowest BCUT2D eigenvalue weighted by Crippen LogP contribution is -1.71. The van der Waals surface area contributed by atoms with E-state index in [-0.39, 0.29) is 0 Å².